The molecule has 3 amide bonds. The Balaban J connectivity index is 0.000000133. The molecule has 0 spiro atoms. The normalized spacial score (nSPS) is 17.5. The minimum Gasteiger partial charge on any atom is -0.503 e. The van der Waals surface area contributed by atoms with Crippen molar-refractivity contribution in [1.29, 1.82) is 10.5 Å². The van der Waals surface area contributed by atoms with E-state index >= 15 is 0 Å². The van der Waals surface area contributed by atoms with Crippen molar-refractivity contribution < 1.29 is 29.0 Å². The summed E-state index contributed by atoms with van der Waals surface area (Å²) in [5.74, 6) is -1.45. The van der Waals surface area contributed by atoms with Gasteiger partial charge in [-0.2, -0.15) is 10.5 Å². The minimum atomic E-state index is -0.598. The number of benzene rings is 6. The van der Waals surface area contributed by atoms with Crippen molar-refractivity contribution in [2.45, 2.75) is 114 Å². The van der Waals surface area contributed by atoms with Crippen LogP contribution in [0.3, 0.4) is 0 Å². The second-order valence-electron chi connectivity index (χ2n) is 25.9. The highest BCUT2D eigenvalue weighted by atomic mass is 16.5. The Bertz CT molecular complexity index is 4660. The van der Waals surface area contributed by atoms with Gasteiger partial charge in [-0.05, 0) is 118 Å². The van der Waals surface area contributed by atoms with Gasteiger partial charge in [0.25, 0.3) is 17.7 Å². The number of aryl methyl sites for hydroxylation is 6. The summed E-state index contributed by atoms with van der Waals surface area (Å²) in [4.78, 5) is 80.1. The molecule has 3 aromatic heterocycles. The molecule has 6 aliphatic rings. The van der Waals surface area contributed by atoms with Crippen LogP contribution in [-0.2, 0) is 38.5 Å². The molecular formula is C81H78N8O9. The summed E-state index contributed by atoms with van der Waals surface area (Å²) in [6.45, 7) is 5.96. The highest BCUT2D eigenvalue weighted by molar-refractivity contribution is 5.97. The summed E-state index contributed by atoms with van der Waals surface area (Å²) >= 11 is 0. The van der Waals surface area contributed by atoms with Crippen molar-refractivity contribution in [3.05, 3.63) is 297 Å². The van der Waals surface area contributed by atoms with E-state index < -0.39 is 17.1 Å². The number of hydrogen-bond acceptors (Lipinski definition) is 11. The molecular weight excluding hydrogens is 1230 g/mol. The number of unbranched alkanes of at least 4 members (excludes halogenated alkanes) is 2. The molecule has 3 aliphatic carbocycles. The number of nitriles is 2. The van der Waals surface area contributed by atoms with Gasteiger partial charge in [-0.15, -0.1) is 0 Å². The van der Waals surface area contributed by atoms with Crippen LogP contribution in [0.15, 0.2) is 197 Å². The molecule has 0 radical (unpaired) electrons. The first-order valence-electron chi connectivity index (χ1n) is 34.2. The molecule has 0 saturated carbocycles. The third-order valence-electron chi connectivity index (χ3n) is 20.3. The van der Waals surface area contributed by atoms with E-state index in [0.29, 0.717) is 38.5 Å². The number of carbonyl (C=O) groups excluding carboxylic acids is 3. The van der Waals surface area contributed by atoms with Gasteiger partial charge in [0.2, 0.25) is 16.3 Å². The molecule has 6 heterocycles. The molecule has 0 bridgehead atoms. The third kappa shape index (κ3) is 12.6. The van der Waals surface area contributed by atoms with Crippen LogP contribution in [0.4, 0.5) is 0 Å². The molecule has 6 aromatic carbocycles. The molecule has 3 atom stereocenters. The number of nitrogens with one attached hydrogen (secondary N) is 1. The predicted octanol–water partition coefficient (Wildman–Crippen LogP) is 11.7. The van der Waals surface area contributed by atoms with Crippen LogP contribution in [-0.4, -0.2) is 92.3 Å². The maximum atomic E-state index is 13.5. The smallest absolute Gasteiger partial charge is 0.275 e. The second kappa shape index (κ2) is 29.1. The van der Waals surface area contributed by atoms with Crippen LogP contribution >= 0.6 is 0 Å². The van der Waals surface area contributed by atoms with Crippen molar-refractivity contribution in [3.63, 3.8) is 0 Å². The lowest BCUT2D eigenvalue weighted by Crippen LogP contribution is -2.46. The molecule has 3 unspecified atom stereocenters. The Morgan fingerprint density at radius 1 is 0.429 bits per heavy atom. The lowest BCUT2D eigenvalue weighted by Gasteiger charge is -2.40. The van der Waals surface area contributed by atoms with E-state index in [2.05, 4.69) is 140 Å². The quantitative estimate of drug-likeness (QED) is 0.0816. The molecule has 15 rings (SSSR count). The first kappa shape index (κ1) is 65.6. The Morgan fingerprint density at radius 2 is 0.745 bits per heavy atom. The van der Waals surface area contributed by atoms with E-state index in [1.165, 1.54) is 89.9 Å². The fraction of sp³-hybridized carbons (Fsp3) is 0.309. The number of aromatic hydroxyl groups is 1. The van der Waals surface area contributed by atoms with Crippen molar-refractivity contribution in [1.82, 2.24) is 28.8 Å². The number of ether oxygens (including phenoxy) is 2. The zero-order valence-corrected chi connectivity index (χ0v) is 55.1. The predicted molar refractivity (Wildman–Crippen MR) is 373 cm³/mol. The summed E-state index contributed by atoms with van der Waals surface area (Å²) in [6, 6.07) is 58.8. The molecule has 98 heavy (non-hydrogen) atoms. The average molecular weight is 1310 g/mol. The molecule has 2 N–H and O–H groups in total. The molecule has 0 fully saturated rings. The van der Waals surface area contributed by atoms with Gasteiger partial charge in [0.1, 0.15) is 13.1 Å². The zero-order chi connectivity index (χ0) is 68.0. The second-order valence-corrected chi connectivity index (χ2v) is 25.9. The summed E-state index contributed by atoms with van der Waals surface area (Å²) in [6.07, 6.45) is 14.3. The summed E-state index contributed by atoms with van der Waals surface area (Å²) < 4.78 is 17.4. The highest BCUT2D eigenvalue weighted by Gasteiger charge is 2.43. The SMILES string of the molecule is CCCCOc1c2n(ccc1=O)C(C1c3ccccc3CCc3ccccc31)CN(CC#N)C2=O.CCCCOc1c2n(ccc1=O)C(C1c3ccccc3CCc3ccccc31)CNC2=O.N#CCN1CC(C2c3ccccc3CCc3ccccc32)n2ccc(=O)c(O)c2C1=O. The maximum Gasteiger partial charge on any atom is 0.275 e. The fourth-order valence-electron chi connectivity index (χ4n) is 15.7. The van der Waals surface area contributed by atoms with Gasteiger partial charge >= 0.3 is 0 Å². The number of rotatable bonds is 13. The van der Waals surface area contributed by atoms with E-state index in [9.17, 15) is 44.4 Å². The van der Waals surface area contributed by atoms with Crippen LogP contribution in [0.2, 0.25) is 0 Å². The Kier molecular flexibility index (Phi) is 19.5. The van der Waals surface area contributed by atoms with E-state index in [-0.39, 0.29) is 94.5 Å². The molecule has 3 aliphatic heterocycles. The Morgan fingerprint density at radius 3 is 1.11 bits per heavy atom. The van der Waals surface area contributed by atoms with Crippen molar-refractivity contribution >= 4 is 17.7 Å². The molecule has 496 valence electrons. The Labute approximate surface area is 569 Å². The molecule has 0 saturated heterocycles. The lowest BCUT2D eigenvalue weighted by atomic mass is 9.81. The number of carbonyl (C=O) groups is 3. The number of aromatic nitrogens is 3. The maximum absolute atomic E-state index is 13.5. The molecule has 9 aromatic rings. The fourth-order valence-corrected chi connectivity index (χ4v) is 15.7. The van der Waals surface area contributed by atoms with Crippen LogP contribution in [0.5, 0.6) is 17.2 Å². The average Bonchev–Trinajstić information content (AvgIpc) is 1.13. The highest BCUT2D eigenvalue weighted by Crippen LogP contribution is 2.47. The standard InChI is InChI=1S/C29H29N3O3.C27H28N2O3.C25H21N3O3/c1-2-3-18-35-28-25(33)14-16-32-24(19-31(17-15-30)29(34)27(28)32)26-22-10-6-4-8-20(22)12-13-21-9-5-7-11-23(21)26;1-2-3-16-32-26-23(30)14-15-29-22(17-28-27(31)25(26)29)24-20-10-6-4-8-18(20)12-13-19-9-5-7-11-21(19)24;26-12-14-27-15-20(28-13-11-21(29)24(30)23(28)25(27)31)22-18-7-3-1-5-16(18)9-10-17-6-2-4-8-19(17)22/h4-11,14,16,24,26H,2-3,12-13,17-19H2,1H3;4-11,14-15,22,24H,2-3,12-13,16-17H2,1H3,(H,28,31);1-8,11,13,20,22,30H,9-10,14-15H2. The van der Waals surface area contributed by atoms with Gasteiger partial charge in [0.05, 0.1) is 43.5 Å². The number of fused-ring (bicyclic) bond motifs is 9. The van der Waals surface area contributed by atoms with Gasteiger partial charge in [0, 0.05) is 74.2 Å². The summed E-state index contributed by atoms with van der Waals surface area (Å²) in [5.41, 5.74) is 14.5. The van der Waals surface area contributed by atoms with Crippen LogP contribution in [0.25, 0.3) is 0 Å². The zero-order valence-electron chi connectivity index (χ0n) is 55.1. The van der Waals surface area contributed by atoms with E-state index in [4.69, 9.17) is 9.47 Å². The Hall–Kier alpha value is -11.0. The summed E-state index contributed by atoms with van der Waals surface area (Å²) in [7, 11) is 0. The van der Waals surface area contributed by atoms with Gasteiger partial charge in [-0.25, -0.2) is 0 Å². The minimum absolute atomic E-state index is 0.0380. The van der Waals surface area contributed by atoms with Crippen molar-refractivity contribution in [2.75, 3.05) is 45.9 Å². The number of nitrogens with zero attached hydrogens (tertiary/aromatic N) is 7. The first-order chi connectivity index (χ1) is 47.9. The molecule has 17 nitrogen and oxygen atoms in total. The van der Waals surface area contributed by atoms with Crippen LogP contribution in [0.1, 0.15) is 174 Å². The van der Waals surface area contributed by atoms with Crippen LogP contribution < -0.4 is 31.1 Å². The van der Waals surface area contributed by atoms with E-state index in [0.717, 1.165) is 64.2 Å². The van der Waals surface area contributed by atoms with Gasteiger partial charge in [-0.3, -0.25) is 28.8 Å². The van der Waals surface area contributed by atoms with Gasteiger partial charge in [0.15, 0.2) is 34.3 Å². The summed E-state index contributed by atoms with van der Waals surface area (Å²) in [5, 5.41) is 32.3. The number of amides is 3. The van der Waals surface area contributed by atoms with E-state index in [1.807, 2.05) is 46.4 Å². The third-order valence-corrected chi connectivity index (χ3v) is 20.3. The lowest BCUT2D eigenvalue weighted by molar-refractivity contribution is 0.0668. The topological polar surface area (TPSA) is 222 Å². The van der Waals surface area contributed by atoms with Crippen LogP contribution in [0, 0.1) is 22.7 Å². The van der Waals surface area contributed by atoms with E-state index in [1.54, 1.807) is 28.1 Å². The monoisotopic (exact) mass is 1310 g/mol. The van der Waals surface area contributed by atoms with Crippen molar-refractivity contribution in [3.8, 4) is 29.4 Å². The molecule has 17 heteroatoms. The van der Waals surface area contributed by atoms with Gasteiger partial charge in [-0.1, -0.05) is 172 Å². The number of hydrogen-bond donors (Lipinski definition) is 2. The largest absolute Gasteiger partial charge is 0.503 e. The number of pyridine rings is 3. The van der Waals surface area contributed by atoms with Crippen molar-refractivity contribution in [2.24, 2.45) is 0 Å². The first-order valence-corrected chi connectivity index (χ1v) is 34.2. The van der Waals surface area contributed by atoms with Gasteiger partial charge < -0.3 is 43.4 Å².